The number of halogens is 1. The van der Waals surface area contributed by atoms with Crippen LogP contribution in [-0.4, -0.2) is 14.3 Å². The number of nitrogens with one attached hydrogen (secondary N) is 2. The van der Waals surface area contributed by atoms with Crippen LogP contribution in [0.5, 0.6) is 0 Å². The van der Waals surface area contributed by atoms with Crippen molar-refractivity contribution < 1.29 is 13.2 Å². The zero-order valence-electron chi connectivity index (χ0n) is 14.4. The maximum Gasteiger partial charge on any atom is 0.261 e. The Bertz CT molecular complexity index is 1100. The third kappa shape index (κ3) is 4.67. The molecule has 3 aromatic carbocycles. The summed E-state index contributed by atoms with van der Waals surface area (Å²) in [5.74, 6) is -0.448. The number of carbonyl (C=O) groups excluding carboxylic acids is 1. The summed E-state index contributed by atoms with van der Waals surface area (Å²) in [7, 11) is -3.82. The van der Waals surface area contributed by atoms with Gasteiger partial charge in [-0.1, -0.05) is 41.9 Å². The predicted molar refractivity (Wildman–Crippen MR) is 108 cm³/mol. The van der Waals surface area contributed by atoms with Crippen molar-refractivity contribution in [2.75, 3.05) is 10.0 Å². The molecule has 0 aliphatic rings. The summed E-state index contributed by atoms with van der Waals surface area (Å²) in [6.45, 7) is 1.87. The van der Waals surface area contributed by atoms with Gasteiger partial charge in [-0.15, -0.1) is 0 Å². The van der Waals surface area contributed by atoms with Crippen LogP contribution >= 0.6 is 11.6 Å². The van der Waals surface area contributed by atoms with E-state index in [-0.39, 0.29) is 10.5 Å². The van der Waals surface area contributed by atoms with E-state index in [9.17, 15) is 13.2 Å². The Hall–Kier alpha value is -2.83. The summed E-state index contributed by atoms with van der Waals surface area (Å²) in [6, 6.07) is 19.7. The summed E-state index contributed by atoms with van der Waals surface area (Å²) < 4.78 is 27.8. The minimum atomic E-state index is -3.82. The van der Waals surface area contributed by atoms with Crippen molar-refractivity contribution in [1.29, 1.82) is 0 Å². The molecule has 3 rings (SSSR count). The molecule has 0 unspecified atom stereocenters. The summed E-state index contributed by atoms with van der Waals surface area (Å²) >= 11 is 6.04. The zero-order valence-corrected chi connectivity index (χ0v) is 16.0. The van der Waals surface area contributed by atoms with Crippen molar-refractivity contribution in [3.8, 4) is 0 Å². The maximum atomic E-state index is 12.6. The summed E-state index contributed by atoms with van der Waals surface area (Å²) in [6.07, 6.45) is 0. The van der Waals surface area contributed by atoms with E-state index in [1.165, 1.54) is 24.3 Å². The molecule has 0 saturated heterocycles. The quantitative estimate of drug-likeness (QED) is 0.651. The third-order valence-electron chi connectivity index (χ3n) is 3.80. The second kappa shape index (κ2) is 7.82. The van der Waals surface area contributed by atoms with Gasteiger partial charge in [-0.2, -0.15) is 0 Å². The fraction of sp³-hybridized carbons (Fsp3) is 0.0500. The smallest absolute Gasteiger partial charge is 0.261 e. The first-order chi connectivity index (χ1) is 12.8. The van der Waals surface area contributed by atoms with Crippen molar-refractivity contribution in [3.05, 3.63) is 88.9 Å². The Morgan fingerprint density at radius 2 is 1.67 bits per heavy atom. The van der Waals surface area contributed by atoms with Crippen molar-refractivity contribution in [1.82, 2.24) is 0 Å². The van der Waals surface area contributed by atoms with E-state index in [0.29, 0.717) is 16.4 Å². The SMILES string of the molecule is Cc1cccc(NS(=O)(=O)c2cccc(C(=O)Nc3ccccc3Cl)c2)c1. The minimum Gasteiger partial charge on any atom is -0.321 e. The Morgan fingerprint density at radius 3 is 2.41 bits per heavy atom. The van der Waals surface area contributed by atoms with Crippen molar-refractivity contribution >= 4 is 38.9 Å². The Morgan fingerprint density at radius 1 is 0.926 bits per heavy atom. The van der Waals surface area contributed by atoms with Crippen molar-refractivity contribution in [2.24, 2.45) is 0 Å². The molecule has 0 fully saturated rings. The van der Waals surface area contributed by atoms with E-state index < -0.39 is 15.9 Å². The third-order valence-corrected chi connectivity index (χ3v) is 5.51. The molecule has 0 aliphatic heterocycles. The molecule has 5 nitrogen and oxygen atoms in total. The number of anilines is 2. The van der Waals surface area contributed by atoms with Crippen LogP contribution in [0.25, 0.3) is 0 Å². The average Bonchev–Trinajstić information content (AvgIpc) is 2.63. The Kier molecular flexibility index (Phi) is 5.48. The van der Waals surface area contributed by atoms with Crippen LogP contribution in [-0.2, 0) is 10.0 Å². The summed E-state index contributed by atoms with van der Waals surface area (Å²) in [5, 5.41) is 3.08. The van der Waals surface area contributed by atoms with Gasteiger partial charge in [0.25, 0.3) is 15.9 Å². The van der Waals surface area contributed by atoms with Gasteiger partial charge in [0.1, 0.15) is 0 Å². The second-order valence-corrected chi connectivity index (χ2v) is 8.03. The number of rotatable bonds is 5. The molecule has 0 atom stereocenters. The van der Waals surface area contributed by atoms with Gasteiger partial charge < -0.3 is 5.32 Å². The molecule has 0 bridgehead atoms. The van der Waals surface area contributed by atoms with E-state index in [0.717, 1.165) is 5.56 Å². The highest BCUT2D eigenvalue weighted by Crippen LogP contribution is 2.22. The molecule has 0 spiro atoms. The van der Waals surface area contributed by atoms with Gasteiger partial charge in [0.05, 0.1) is 15.6 Å². The summed E-state index contributed by atoms with van der Waals surface area (Å²) in [4.78, 5) is 12.5. The molecule has 7 heteroatoms. The molecular weight excluding hydrogens is 384 g/mol. The fourth-order valence-electron chi connectivity index (χ4n) is 2.48. The monoisotopic (exact) mass is 400 g/mol. The lowest BCUT2D eigenvalue weighted by molar-refractivity contribution is 0.102. The molecule has 2 N–H and O–H groups in total. The van der Waals surface area contributed by atoms with Gasteiger partial charge in [0.15, 0.2) is 0 Å². The molecule has 0 radical (unpaired) electrons. The average molecular weight is 401 g/mol. The minimum absolute atomic E-state index is 0.00388. The van der Waals surface area contributed by atoms with Crippen LogP contribution in [0, 0.1) is 6.92 Å². The van der Waals surface area contributed by atoms with Crippen LogP contribution in [0.15, 0.2) is 77.7 Å². The lowest BCUT2D eigenvalue weighted by Gasteiger charge is -2.11. The van der Waals surface area contributed by atoms with E-state index in [4.69, 9.17) is 11.6 Å². The van der Waals surface area contributed by atoms with Crippen LogP contribution < -0.4 is 10.0 Å². The number of benzene rings is 3. The lowest BCUT2D eigenvalue weighted by Crippen LogP contribution is -2.16. The van der Waals surface area contributed by atoms with Gasteiger partial charge in [-0.05, 0) is 55.0 Å². The molecule has 0 aliphatic carbocycles. The number of para-hydroxylation sites is 1. The first-order valence-electron chi connectivity index (χ1n) is 8.10. The Labute approximate surface area is 163 Å². The molecule has 0 saturated carbocycles. The summed E-state index contributed by atoms with van der Waals surface area (Å²) in [5.41, 5.74) is 2.06. The van der Waals surface area contributed by atoms with Crippen molar-refractivity contribution in [3.63, 3.8) is 0 Å². The number of carbonyl (C=O) groups is 1. The van der Waals surface area contributed by atoms with Crippen LogP contribution in [0.4, 0.5) is 11.4 Å². The molecule has 138 valence electrons. The number of sulfonamides is 1. The Balaban J connectivity index is 1.84. The number of hydrogen-bond acceptors (Lipinski definition) is 3. The van der Waals surface area contributed by atoms with Gasteiger partial charge in [-0.25, -0.2) is 8.42 Å². The van der Waals surface area contributed by atoms with Gasteiger partial charge in [0.2, 0.25) is 0 Å². The molecular formula is C20H17ClN2O3S. The number of amides is 1. The van der Waals surface area contributed by atoms with Gasteiger partial charge in [0, 0.05) is 11.3 Å². The highest BCUT2D eigenvalue weighted by molar-refractivity contribution is 7.92. The van der Waals surface area contributed by atoms with E-state index in [2.05, 4.69) is 10.0 Å². The first-order valence-corrected chi connectivity index (χ1v) is 9.97. The highest BCUT2D eigenvalue weighted by Gasteiger charge is 2.17. The van der Waals surface area contributed by atoms with Gasteiger partial charge in [-0.3, -0.25) is 9.52 Å². The predicted octanol–water partition coefficient (Wildman–Crippen LogP) is 4.70. The zero-order chi connectivity index (χ0) is 19.4. The molecule has 3 aromatic rings. The fourth-order valence-corrected chi connectivity index (χ4v) is 3.76. The van der Waals surface area contributed by atoms with Crippen LogP contribution in [0.1, 0.15) is 15.9 Å². The van der Waals surface area contributed by atoms with E-state index in [1.807, 2.05) is 13.0 Å². The second-order valence-electron chi connectivity index (χ2n) is 5.94. The highest BCUT2D eigenvalue weighted by atomic mass is 35.5. The molecule has 0 aromatic heterocycles. The van der Waals surface area contributed by atoms with Gasteiger partial charge >= 0.3 is 0 Å². The first kappa shape index (κ1) is 18.9. The normalized spacial score (nSPS) is 11.0. The maximum absolute atomic E-state index is 12.6. The molecule has 27 heavy (non-hydrogen) atoms. The molecule has 1 amide bonds. The van der Waals surface area contributed by atoms with Crippen LogP contribution in [0.2, 0.25) is 5.02 Å². The lowest BCUT2D eigenvalue weighted by atomic mass is 10.2. The molecule has 0 heterocycles. The van der Waals surface area contributed by atoms with Crippen molar-refractivity contribution in [2.45, 2.75) is 11.8 Å². The topological polar surface area (TPSA) is 75.3 Å². The number of hydrogen-bond donors (Lipinski definition) is 2. The largest absolute Gasteiger partial charge is 0.321 e. The van der Waals surface area contributed by atoms with E-state index in [1.54, 1.807) is 42.5 Å². The standard InChI is InChI=1S/C20H17ClN2O3S/c1-14-6-4-8-16(12-14)23-27(25,26)17-9-5-7-15(13-17)20(24)22-19-11-3-2-10-18(19)21/h2-13,23H,1H3,(H,22,24). The van der Waals surface area contributed by atoms with Crippen LogP contribution in [0.3, 0.4) is 0 Å². The number of aryl methyl sites for hydroxylation is 1. The van der Waals surface area contributed by atoms with E-state index >= 15 is 0 Å².